The summed E-state index contributed by atoms with van der Waals surface area (Å²) in [7, 11) is 1.56. The van der Waals surface area contributed by atoms with E-state index in [1.165, 1.54) is 0 Å². The summed E-state index contributed by atoms with van der Waals surface area (Å²) in [6.07, 6.45) is 2.19. The average molecular weight is 229 g/mol. The molecule has 5 nitrogen and oxygen atoms in total. The van der Waals surface area contributed by atoms with Crippen LogP contribution < -0.4 is 5.32 Å². The van der Waals surface area contributed by atoms with Gasteiger partial charge in [-0.25, -0.2) is 0 Å². The van der Waals surface area contributed by atoms with E-state index in [0.29, 0.717) is 19.4 Å². The maximum Gasteiger partial charge on any atom is 0.310 e. The van der Waals surface area contributed by atoms with Crippen molar-refractivity contribution in [1.29, 1.82) is 0 Å². The minimum Gasteiger partial charge on any atom is -0.481 e. The van der Waals surface area contributed by atoms with E-state index in [9.17, 15) is 9.59 Å². The molecule has 16 heavy (non-hydrogen) atoms. The fraction of sp³-hybridized carbons (Fsp3) is 0.818. The van der Waals surface area contributed by atoms with Gasteiger partial charge >= 0.3 is 5.97 Å². The fourth-order valence-corrected chi connectivity index (χ4v) is 1.99. The van der Waals surface area contributed by atoms with Crippen LogP contribution in [-0.2, 0) is 14.3 Å². The second-order valence-electron chi connectivity index (χ2n) is 4.54. The molecule has 0 saturated heterocycles. The molecule has 0 spiro atoms. The number of hydrogen-bond acceptors (Lipinski definition) is 3. The predicted molar refractivity (Wildman–Crippen MR) is 58.0 cm³/mol. The Bertz CT molecular complexity index is 273. The van der Waals surface area contributed by atoms with Crippen LogP contribution in [-0.4, -0.2) is 36.7 Å². The van der Waals surface area contributed by atoms with Crippen LogP contribution in [0.15, 0.2) is 0 Å². The van der Waals surface area contributed by atoms with Crippen LogP contribution in [0.2, 0.25) is 0 Å². The molecule has 1 aliphatic carbocycles. The Morgan fingerprint density at radius 2 is 2.12 bits per heavy atom. The molecule has 1 rings (SSSR count). The van der Waals surface area contributed by atoms with E-state index in [1.54, 1.807) is 7.11 Å². The summed E-state index contributed by atoms with van der Waals surface area (Å²) >= 11 is 0. The van der Waals surface area contributed by atoms with Gasteiger partial charge in [0.1, 0.15) is 0 Å². The van der Waals surface area contributed by atoms with Gasteiger partial charge in [0.2, 0.25) is 5.91 Å². The molecular formula is C11H19NO4. The molecule has 5 heteroatoms. The van der Waals surface area contributed by atoms with Gasteiger partial charge in [-0.15, -0.1) is 0 Å². The molecule has 0 aliphatic heterocycles. The van der Waals surface area contributed by atoms with Gasteiger partial charge in [-0.2, -0.15) is 0 Å². The molecule has 0 aromatic carbocycles. The zero-order chi connectivity index (χ0) is 12.2. The number of carboxylic acids is 1. The molecule has 1 saturated carbocycles. The first kappa shape index (κ1) is 13.0. The third-order valence-corrected chi connectivity index (χ3v) is 3.09. The van der Waals surface area contributed by atoms with Gasteiger partial charge < -0.3 is 15.2 Å². The molecule has 0 unspecified atom stereocenters. The molecular weight excluding hydrogens is 210 g/mol. The standard InChI is InChI=1S/C11H19NO4/c1-8(7-16-2)12-9(13)6-11(10(14)15)4-3-5-11/h8H,3-7H2,1-2H3,(H,12,13)(H,14,15)/t8-/m1/s1. The van der Waals surface area contributed by atoms with Crippen LogP contribution in [0.5, 0.6) is 0 Å². The smallest absolute Gasteiger partial charge is 0.310 e. The highest BCUT2D eigenvalue weighted by atomic mass is 16.5. The Morgan fingerprint density at radius 3 is 2.50 bits per heavy atom. The van der Waals surface area contributed by atoms with Gasteiger partial charge in [-0.05, 0) is 19.8 Å². The number of rotatable bonds is 6. The van der Waals surface area contributed by atoms with Crippen molar-refractivity contribution in [2.45, 2.75) is 38.6 Å². The van der Waals surface area contributed by atoms with Gasteiger partial charge in [0.15, 0.2) is 0 Å². The quantitative estimate of drug-likeness (QED) is 0.705. The van der Waals surface area contributed by atoms with Crippen molar-refractivity contribution in [1.82, 2.24) is 5.32 Å². The zero-order valence-electron chi connectivity index (χ0n) is 9.78. The highest BCUT2D eigenvalue weighted by Crippen LogP contribution is 2.44. The molecule has 2 N–H and O–H groups in total. The summed E-state index contributed by atoms with van der Waals surface area (Å²) in [5, 5.41) is 11.8. The Kier molecular flexibility index (Phi) is 4.29. The van der Waals surface area contributed by atoms with E-state index in [-0.39, 0.29) is 18.4 Å². The molecule has 0 aromatic rings. The van der Waals surface area contributed by atoms with Crippen molar-refractivity contribution in [3.05, 3.63) is 0 Å². The van der Waals surface area contributed by atoms with Crippen LogP contribution >= 0.6 is 0 Å². The number of carboxylic acid groups (broad SMARTS) is 1. The lowest BCUT2D eigenvalue weighted by molar-refractivity contribution is -0.157. The van der Waals surface area contributed by atoms with E-state index in [4.69, 9.17) is 9.84 Å². The third kappa shape index (κ3) is 2.95. The van der Waals surface area contributed by atoms with Crippen molar-refractivity contribution in [3.63, 3.8) is 0 Å². The molecule has 1 fully saturated rings. The van der Waals surface area contributed by atoms with Crippen LogP contribution in [0.3, 0.4) is 0 Å². The minimum atomic E-state index is -0.853. The van der Waals surface area contributed by atoms with Crippen molar-refractivity contribution in [2.75, 3.05) is 13.7 Å². The highest BCUT2D eigenvalue weighted by Gasteiger charge is 2.45. The van der Waals surface area contributed by atoms with Crippen LogP contribution in [0.4, 0.5) is 0 Å². The lowest BCUT2D eigenvalue weighted by atomic mass is 9.66. The summed E-state index contributed by atoms with van der Waals surface area (Å²) in [5.74, 6) is -1.06. The molecule has 0 bridgehead atoms. The third-order valence-electron chi connectivity index (χ3n) is 3.09. The number of hydrogen-bond donors (Lipinski definition) is 2. The van der Waals surface area contributed by atoms with Crippen molar-refractivity contribution in [2.24, 2.45) is 5.41 Å². The molecule has 0 heterocycles. The lowest BCUT2D eigenvalue weighted by Crippen LogP contribution is -2.45. The summed E-state index contributed by atoms with van der Waals surface area (Å²) in [6, 6.07) is -0.0802. The Labute approximate surface area is 95.2 Å². The number of methoxy groups -OCH3 is 1. The maximum absolute atomic E-state index is 11.6. The first-order valence-corrected chi connectivity index (χ1v) is 5.52. The Morgan fingerprint density at radius 1 is 1.50 bits per heavy atom. The number of carbonyl (C=O) groups is 2. The fourth-order valence-electron chi connectivity index (χ4n) is 1.99. The number of ether oxygens (including phenoxy) is 1. The molecule has 0 radical (unpaired) electrons. The van der Waals surface area contributed by atoms with Gasteiger partial charge in [-0.1, -0.05) is 6.42 Å². The zero-order valence-corrected chi connectivity index (χ0v) is 9.78. The number of nitrogens with one attached hydrogen (secondary N) is 1. The van der Waals surface area contributed by atoms with E-state index in [2.05, 4.69) is 5.32 Å². The number of carbonyl (C=O) groups excluding carboxylic acids is 1. The topological polar surface area (TPSA) is 75.6 Å². The van der Waals surface area contributed by atoms with Crippen LogP contribution in [0, 0.1) is 5.41 Å². The normalized spacial score (nSPS) is 19.6. The molecule has 1 atom stereocenters. The number of amides is 1. The number of aliphatic carboxylic acids is 1. The largest absolute Gasteiger partial charge is 0.481 e. The highest BCUT2D eigenvalue weighted by molar-refractivity contribution is 5.85. The molecule has 1 amide bonds. The van der Waals surface area contributed by atoms with Gasteiger partial charge in [0.05, 0.1) is 12.0 Å². The first-order valence-electron chi connectivity index (χ1n) is 5.52. The van der Waals surface area contributed by atoms with E-state index < -0.39 is 11.4 Å². The second-order valence-corrected chi connectivity index (χ2v) is 4.54. The van der Waals surface area contributed by atoms with Gasteiger partial charge in [0.25, 0.3) is 0 Å². The predicted octanol–water partition coefficient (Wildman–Crippen LogP) is 0.782. The van der Waals surface area contributed by atoms with E-state index >= 15 is 0 Å². The maximum atomic E-state index is 11.6. The average Bonchev–Trinajstić information content (AvgIpc) is 2.10. The molecule has 0 aromatic heterocycles. The van der Waals surface area contributed by atoms with Gasteiger partial charge in [-0.3, -0.25) is 9.59 Å². The van der Waals surface area contributed by atoms with E-state index in [0.717, 1.165) is 6.42 Å². The van der Waals surface area contributed by atoms with Crippen molar-refractivity contribution in [3.8, 4) is 0 Å². The van der Waals surface area contributed by atoms with Crippen LogP contribution in [0.1, 0.15) is 32.6 Å². The minimum absolute atomic E-state index is 0.0797. The summed E-state index contributed by atoms with van der Waals surface area (Å²) in [6.45, 7) is 2.27. The summed E-state index contributed by atoms with van der Waals surface area (Å²) in [4.78, 5) is 22.7. The van der Waals surface area contributed by atoms with E-state index in [1.807, 2.05) is 6.92 Å². The van der Waals surface area contributed by atoms with Crippen molar-refractivity contribution < 1.29 is 19.4 Å². The Balaban J connectivity index is 2.41. The summed E-state index contributed by atoms with van der Waals surface area (Å²) < 4.78 is 4.89. The second kappa shape index (κ2) is 5.30. The Hall–Kier alpha value is -1.10. The molecule has 1 aliphatic rings. The SMILES string of the molecule is COC[C@@H](C)NC(=O)CC1(C(=O)O)CCC1. The molecule has 92 valence electrons. The monoisotopic (exact) mass is 229 g/mol. The lowest BCUT2D eigenvalue weighted by Gasteiger charge is -2.37. The summed E-state index contributed by atoms with van der Waals surface area (Å²) in [5.41, 5.74) is -0.809. The van der Waals surface area contributed by atoms with Crippen molar-refractivity contribution >= 4 is 11.9 Å². The van der Waals surface area contributed by atoms with Crippen LogP contribution in [0.25, 0.3) is 0 Å². The van der Waals surface area contributed by atoms with Gasteiger partial charge in [0, 0.05) is 19.6 Å². The first-order chi connectivity index (χ1) is 7.50.